The van der Waals surface area contributed by atoms with Crippen molar-refractivity contribution in [2.45, 2.75) is 50.9 Å². The number of pyridine rings is 2. The van der Waals surface area contributed by atoms with Crippen molar-refractivity contribution in [3.05, 3.63) is 65.0 Å². The average Bonchev–Trinajstić information content (AvgIpc) is 3.20. The molecule has 3 aromatic rings. The number of aryl methyl sites for hydroxylation is 3. The number of imidazole rings is 1. The second-order valence-electron chi connectivity index (χ2n) is 8.50. The molecule has 1 aliphatic rings. The number of nitrogens with zero attached hydrogens (tertiary/aromatic N) is 4. The molecule has 0 radical (unpaired) electrons. The minimum Gasteiger partial charge on any atom is -0.481 e. The minimum absolute atomic E-state index is 0.0453. The zero-order valence-electron chi connectivity index (χ0n) is 19.3. The molecular formula is C25H31N5O3. The predicted octanol–water partition coefficient (Wildman–Crippen LogP) is 3.75. The van der Waals surface area contributed by atoms with Gasteiger partial charge in [0.15, 0.2) is 0 Å². The molecular weight excluding hydrogens is 418 g/mol. The van der Waals surface area contributed by atoms with E-state index in [9.17, 15) is 9.90 Å². The number of carboxylic acid groups (broad SMARTS) is 1. The lowest BCUT2D eigenvalue weighted by Crippen LogP contribution is -2.14. The van der Waals surface area contributed by atoms with Crippen molar-refractivity contribution in [3.63, 3.8) is 0 Å². The van der Waals surface area contributed by atoms with Crippen molar-refractivity contribution in [3.8, 4) is 5.88 Å². The zero-order valence-corrected chi connectivity index (χ0v) is 19.3. The lowest BCUT2D eigenvalue weighted by atomic mass is 9.96. The lowest BCUT2D eigenvalue weighted by Gasteiger charge is -2.17. The van der Waals surface area contributed by atoms with E-state index in [0.717, 1.165) is 67.2 Å². The van der Waals surface area contributed by atoms with E-state index < -0.39 is 5.97 Å². The Hall–Kier alpha value is -3.42. The van der Waals surface area contributed by atoms with E-state index >= 15 is 0 Å². The van der Waals surface area contributed by atoms with Gasteiger partial charge in [-0.15, -0.1) is 0 Å². The molecule has 1 aliphatic heterocycles. The van der Waals surface area contributed by atoms with Crippen molar-refractivity contribution < 1.29 is 14.6 Å². The lowest BCUT2D eigenvalue weighted by molar-refractivity contribution is -0.137. The highest BCUT2D eigenvalue weighted by molar-refractivity contribution is 5.68. The quantitative estimate of drug-likeness (QED) is 0.455. The number of aromatic nitrogens is 4. The molecule has 0 bridgehead atoms. The molecule has 0 saturated carbocycles. The predicted molar refractivity (Wildman–Crippen MR) is 126 cm³/mol. The van der Waals surface area contributed by atoms with Crippen LogP contribution in [0.3, 0.4) is 0 Å². The summed E-state index contributed by atoms with van der Waals surface area (Å²) in [5.41, 5.74) is 4.35. The number of fused-ring (bicyclic) bond motifs is 1. The van der Waals surface area contributed by atoms with Crippen LogP contribution < -0.4 is 10.1 Å². The summed E-state index contributed by atoms with van der Waals surface area (Å²) >= 11 is 0. The first-order valence-corrected chi connectivity index (χ1v) is 11.5. The maximum atomic E-state index is 11.5. The third-order valence-corrected chi connectivity index (χ3v) is 6.25. The van der Waals surface area contributed by atoms with Gasteiger partial charge >= 0.3 is 5.97 Å². The first-order valence-electron chi connectivity index (χ1n) is 11.5. The average molecular weight is 450 g/mol. The van der Waals surface area contributed by atoms with Gasteiger partial charge in [-0.05, 0) is 55.7 Å². The van der Waals surface area contributed by atoms with Crippen LogP contribution in [0.1, 0.15) is 59.9 Å². The summed E-state index contributed by atoms with van der Waals surface area (Å²) in [5.74, 6) is 1.05. The molecule has 2 N–H and O–H groups in total. The maximum absolute atomic E-state index is 11.5. The van der Waals surface area contributed by atoms with Gasteiger partial charge in [0.05, 0.1) is 19.4 Å². The van der Waals surface area contributed by atoms with E-state index in [2.05, 4.69) is 27.4 Å². The number of nitrogens with one attached hydrogen (secondary N) is 1. The molecule has 0 spiro atoms. The van der Waals surface area contributed by atoms with Crippen LogP contribution in [0.2, 0.25) is 0 Å². The molecule has 8 heteroatoms. The normalized spacial score (nSPS) is 13.8. The molecule has 0 saturated heterocycles. The third kappa shape index (κ3) is 5.50. The van der Waals surface area contributed by atoms with Crippen molar-refractivity contribution in [1.82, 2.24) is 19.5 Å². The van der Waals surface area contributed by atoms with Gasteiger partial charge < -0.3 is 19.7 Å². The number of unbranched alkanes of at least 4 members (excludes halogenated alkanes) is 1. The number of aliphatic carboxylic acids is 1. The van der Waals surface area contributed by atoms with Crippen molar-refractivity contribution in [1.29, 1.82) is 0 Å². The Morgan fingerprint density at radius 3 is 2.79 bits per heavy atom. The Morgan fingerprint density at radius 1 is 1.18 bits per heavy atom. The van der Waals surface area contributed by atoms with E-state index in [-0.39, 0.29) is 12.3 Å². The Bertz CT molecular complexity index is 1090. The van der Waals surface area contributed by atoms with Gasteiger partial charge in [-0.25, -0.2) is 15.0 Å². The van der Waals surface area contributed by atoms with Crippen LogP contribution in [-0.2, 0) is 31.1 Å². The van der Waals surface area contributed by atoms with Crippen LogP contribution in [0.25, 0.3) is 0 Å². The molecule has 4 rings (SSSR count). The standard InChI is InChI=1S/C25H31N5O3/c1-30-20(8-4-3-7-19-11-9-17-6-5-13-26-24(17)29-19)16-28-25(30)21(14-23(31)32)18-10-12-22(33-2)27-15-18/h9-12,15-16,21H,3-8,13-14H2,1-2H3,(H,26,29)(H,31,32). The monoisotopic (exact) mass is 449 g/mol. The van der Waals surface area contributed by atoms with E-state index in [4.69, 9.17) is 9.72 Å². The zero-order chi connectivity index (χ0) is 23.2. The number of rotatable bonds is 10. The Morgan fingerprint density at radius 2 is 2.03 bits per heavy atom. The fourth-order valence-corrected chi connectivity index (χ4v) is 4.39. The van der Waals surface area contributed by atoms with Crippen molar-refractivity contribution in [2.24, 2.45) is 7.05 Å². The fourth-order valence-electron chi connectivity index (χ4n) is 4.39. The molecule has 0 aromatic carbocycles. The van der Waals surface area contributed by atoms with Gasteiger partial charge in [0.2, 0.25) is 5.88 Å². The first kappa shape index (κ1) is 22.8. The summed E-state index contributed by atoms with van der Waals surface area (Å²) in [6, 6.07) is 7.95. The molecule has 8 nitrogen and oxygen atoms in total. The number of carboxylic acids is 1. The number of carbonyl (C=O) groups is 1. The van der Waals surface area contributed by atoms with Crippen molar-refractivity contribution in [2.75, 3.05) is 19.0 Å². The molecule has 1 atom stereocenters. The van der Waals surface area contributed by atoms with Gasteiger partial charge in [-0.3, -0.25) is 4.79 Å². The van der Waals surface area contributed by atoms with Gasteiger partial charge in [-0.2, -0.15) is 0 Å². The van der Waals surface area contributed by atoms with E-state index in [1.807, 2.05) is 23.9 Å². The SMILES string of the molecule is COc1ccc(C(CC(=O)O)c2ncc(CCCCc3ccc4c(n3)NCCC4)n2C)cn1. The highest BCUT2D eigenvalue weighted by atomic mass is 16.5. The maximum Gasteiger partial charge on any atom is 0.304 e. The number of ether oxygens (including phenoxy) is 1. The van der Waals surface area contributed by atoms with Crippen LogP contribution in [0, 0.1) is 0 Å². The highest BCUT2D eigenvalue weighted by Gasteiger charge is 2.23. The molecule has 3 aromatic heterocycles. The molecule has 4 heterocycles. The second-order valence-corrected chi connectivity index (χ2v) is 8.50. The summed E-state index contributed by atoms with van der Waals surface area (Å²) in [7, 11) is 3.51. The molecule has 0 amide bonds. The Balaban J connectivity index is 1.39. The minimum atomic E-state index is -0.868. The molecule has 1 unspecified atom stereocenters. The summed E-state index contributed by atoms with van der Waals surface area (Å²) in [4.78, 5) is 25.2. The van der Waals surface area contributed by atoms with Crippen LogP contribution in [-0.4, -0.2) is 44.2 Å². The molecule has 0 fully saturated rings. The summed E-state index contributed by atoms with van der Waals surface area (Å²) < 4.78 is 7.15. The fraction of sp³-hybridized carbons (Fsp3) is 0.440. The van der Waals surface area contributed by atoms with Crippen LogP contribution >= 0.6 is 0 Å². The van der Waals surface area contributed by atoms with Gasteiger partial charge in [0.25, 0.3) is 0 Å². The van der Waals surface area contributed by atoms with E-state index in [1.165, 1.54) is 12.0 Å². The molecule has 0 aliphatic carbocycles. The number of hydrogen-bond acceptors (Lipinski definition) is 6. The van der Waals surface area contributed by atoms with Crippen LogP contribution in [0.5, 0.6) is 5.88 Å². The number of anilines is 1. The van der Waals surface area contributed by atoms with Crippen LogP contribution in [0.15, 0.2) is 36.7 Å². The Kier molecular flexibility index (Phi) is 7.22. The first-order chi connectivity index (χ1) is 16.0. The second kappa shape index (κ2) is 10.5. The van der Waals surface area contributed by atoms with Crippen LogP contribution in [0.4, 0.5) is 5.82 Å². The smallest absolute Gasteiger partial charge is 0.304 e. The number of hydrogen-bond donors (Lipinski definition) is 2. The molecule has 33 heavy (non-hydrogen) atoms. The topological polar surface area (TPSA) is 102 Å². The Labute approximate surface area is 194 Å². The van der Waals surface area contributed by atoms with E-state index in [0.29, 0.717) is 5.88 Å². The van der Waals surface area contributed by atoms with Gasteiger partial charge in [0, 0.05) is 43.4 Å². The van der Waals surface area contributed by atoms with Crippen molar-refractivity contribution >= 4 is 11.8 Å². The van der Waals surface area contributed by atoms with E-state index in [1.54, 1.807) is 19.4 Å². The highest BCUT2D eigenvalue weighted by Crippen LogP contribution is 2.28. The summed E-state index contributed by atoms with van der Waals surface area (Å²) in [6.07, 6.45) is 9.63. The summed E-state index contributed by atoms with van der Waals surface area (Å²) in [6.45, 7) is 1.00. The largest absolute Gasteiger partial charge is 0.481 e. The third-order valence-electron chi connectivity index (χ3n) is 6.25. The van der Waals surface area contributed by atoms with Gasteiger partial charge in [0.1, 0.15) is 11.6 Å². The van der Waals surface area contributed by atoms with Gasteiger partial charge in [-0.1, -0.05) is 12.1 Å². The number of methoxy groups -OCH3 is 1. The summed E-state index contributed by atoms with van der Waals surface area (Å²) in [5, 5.41) is 12.9. The molecule has 174 valence electrons.